The van der Waals surface area contributed by atoms with E-state index in [0.29, 0.717) is 17.9 Å². The third-order valence-electron chi connectivity index (χ3n) is 4.91. The highest BCUT2D eigenvalue weighted by atomic mass is 32.1. The Bertz CT molecular complexity index is 510. The van der Waals surface area contributed by atoms with Crippen LogP contribution in [0.2, 0.25) is 0 Å². The van der Waals surface area contributed by atoms with E-state index in [9.17, 15) is 4.79 Å². The molecule has 2 aliphatic rings. The quantitative estimate of drug-likeness (QED) is 0.808. The topological polar surface area (TPSA) is 36.4 Å². The molecule has 1 aliphatic carbocycles. The van der Waals surface area contributed by atoms with Gasteiger partial charge in [0.15, 0.2) is 0 Å². The van der Waals surface area contributed by atoms with Gasteiger partial charge < -0.3 is 9.80 Å². The second-order valence-corrected chi connectivity index (χ2v) is 7.78. The van der Waals surface area contributed by atoms with Gasteiger partial charge in [-0.25, -0.2) is 4.98 Å². The summed E-state index contributed by atoms with van der Waals surface area (Å²) in [7, 11) is 2.15. The minimum Gasteiger partial charge on any atom is -0.339 e. The number of aromatic nitrogens is 1. The molecule has 1 aliphatic heterocycles. The van der Waals surface area contributed by atoms with Crippen LogP contribution in [0.4, 0.5) is 0 Å². The van der Waals surface area contributed by atoms with E-state index < -0.39 is 0 Å². The van der Waals surface area contributed by atoms with Gasteiger partial charge >= 0.3 is 0 Å². The van der Waals surface area contributed by atoms with Crippen molar-refractivity contribution >= 4 is 17.2 Å². The zero-order chi connectivity index (χ0) is 15.5. The monoisotopic (exact) mass is 321 g/mol. The average molecular weight is 321 g/mol. The highest BCUT2D eigenvalue weighted by molar-refractivity contribution is 7.09. The van der Waals surface area contributed by atoms with Crippen LogP contribution in [0.3, 0.4) is 0 Å². The summed E-state index contributed by atoms with van der Waals surface area (Å²) in [6, 6.07) is 0.536. The average Bonchev–Trinajstić information content (AvgIpc) is 3.19. The van der Waals surface area contributed by atoms with Crippen molar-refractivity contribution in [2.75, 3.05) is 20.1 Å². The van der Waals surface area contributed by atoms with Crippen LogP contribution >= 0.6 is 11.3 Å². The molecule has 1 aromatic rings. The van der Waals surface area contributed by atoms with Crippen LogP contribution in [0.1, 0.15) is 49.7 Å². The Balaban J connectivity index is 1.49. The summed E-state index contributed by atoms with van der Waals surface area (Å²) in [5, 5.41) is 3.38. The molecule has 0 spiro atoms. The first-order valence-corrected chi connectivity index (χ1v) is 9.45. The number of nitrogens with zero attached hydrogens (tertiary/aromatic N) is 3. The van der Waals surface area contributed by atoms with Crippen molar-refractivity contribution < 1.29 is 4.79 Å². The highest BCUT2D eigenvalue weighted by Gasteiger charge is 2.35. The lowest BCUT2D eigenvalue weighted by Gasteiger charge is -2.25. The van der Waals surface area contributed by atoms with Crippen LogP contribution in [0.5, 0.6) is 0 Å². The smallest absolute Gasteiger partial charge is 0.223 e. The molecule has 1 aromatic heterocycles. The number of thiazole rings is 1. The van der Waals surface area contributed by atoms with Crippen LogP contribution < -0.4 is 0 Å². The first-order valence-electron chi connectivity index (χ1n) is 8.57. The van der Waals surface area contributed by atoms with Crippen molar-refractivity contribution in [3.05, 3.63) is 16.1 Å². The summed E-state index contributed by atoms with van der Waals surface area (Å²) in [5.41, 5.74) is 1.17. The molecule has 2 fully saturated rings. The van der Waals surface area contributed by atoms with Gasteiger partial charge in [-0.2, -0.15) is 0 Å². The summed E-state index contributed by atoms with van der Waals surface area (Å²) < 4.78 is 0. The maximum absolute atomic E-state index is 12.3. The van der Waals surface area contributed by atoms with Gasteiger partial charge in [0.05, 0.1) is 10.7 Å². The number of amides is 1. The van der Waals surface area contributed by atoms with E-state index in [1.165, 1.54) is 36.4 Å². The molecule has 5 heteroatoms. The fourth-order valence-electron chi connectivity index (χ4n) is 3.87. The van der Waals surface area contributed by atoms with Crippen molar-refractivity contribution in [3.8, 4) is 0 Å². The number of carbonyl (C=O) groups is 1. The lowest BCUT2D eigenvalue weighted by molar-refractivity contribution is -0.129. The molecule has 1 saturated heterocycles. The first-order chi connectivity index (χ1) is 10.7. The lowest BCUT2D eigenvalue weighted by Crippen LogP contribution is -2.35. The Labute approximate surface area is 137 Å². The van der Waals surface area contributed by atoms with Crippen molar-refractivity contribution in [3.63, 3.8) is 0 Å². The molecule has 3 rings (SSSR count). The van der Waals surface area contributed by atoms with Crippen LogP contribution in [0.25, 0.3) is 0 Å². The molecule has 2 heterocycles. The molecule has 1 amide bonds. The van der Waals surface area contributed by atoms with Gasteiger partial charge in [-0.05, 0) is 32.2 Å². The van der Waals surface area contributed by atoms with Crippen molar-refractivity contribution in [1.82, 2.24) is 14.8 Å². The predicted molar refractivity (Wildman–Crippen MR) is 89.9 cm³/mol. The van der Waals surface area contributed by atoms with Crippen molar-refractivity contribution in [1.29, 1.82) is 0 Å². The van der Waals surface area contributed by atoms with Gasteiger partial charge in [0.2, 0.25) is 5.91 Å². The number of carbonyl (C=O) groups excluding carboxylic acids is 1. The van der Waals surface area contributed by atoms with Crippen molar-refractivity contribution in [2.45, 2.75) is 58.0 Å². The number of rotatable bonds is 6. The van der Waals surface area contributed by atoms with Gasteiger partial charge in [0.1, 0.15) is 0 Å². The van der Waals surface area contributed by atoms with Crippen LogP contribution in [0.15, 0.2) is 5.38 Å². The van der Waals surface area contributed by atoms with Crippen LogP contribution in [-0.4, -0.2) is 46.9 Å². The Kier molecular flexibility index (Phi) is 5.14. The summed E-state index contributed by atoms with van der Waals surface area (Å²) >= 11 is 1.75. The molecule has 0 bridgehead atoms. The lowest BCUT2D eigenvalue weighted by atomic mass is 10.1. The Morgan fingerprint density at radius 1 is 1.41 bits per heavy atom. The maximum atomic E-state index is 12.3. The maximum Gasteiger partial charge on any atom is 0.223 e. The normalized spacial score (nSPS) is 23.1. The SMILES string of the molecule is CCc1nc(CN(C)CC2CC(=O)N(C3CCCC3)C2)cs1. The van der Waals surface area contributed by atoms with E-state index in [2.05, 4.69) is 34.1 Å². The zero-order valence-corrected chi connectivity index (χ0v) is 14.6. The molecular formula is C17H27N3OS. The number of hydrogen-bond acceptors (Lipinski definition) is 4. The van der Waals surface area contributed by atoms with Gasteiger partial charge in [-0.15, -0.1) is 11.3 Å². The molecule has 1 unspecified atom stereocenters. The second kappa shape index (κ2) is 7.09. The highest BCUT2D eigenvalue weighted by Crippen LogP contribution is 2.29. The van der Waals surface area contributed by atoms with Crippen LogP contribution in [-0.2, 0) is 17.8 Å². The predicted octanol–water partition coefficient (Wildman–Crippen LogP) is 2.93. The van der Waals surface area contributed by atoms with E-state index in [0.717, 1.165) is 32.5 Å². The summed E-state index contributed by atoms with van der Waals surface area (Å²) in [5.74, 6) is 0.870. The fourth-order valence-corrected chi connectivity index (χ4v) is 4.60. The Morgan fingerprint density at radius 3 is 2.86 bits per heavy atom. The van der Waals surface area contributed by atoms with Gasteiger partial charge in [0, 0.05) is 37.5 Å². The number of hydrogen-bond donors (Lipinski definition) is 0. The van der Waals surface area contributed by atoms with Gasteiger partial charge in [0.25, 0.3) is 0 Å². The molecular weight excluding hydrogens is 294 g/mol. The molecule has 122 valence electrons. The van der Waals surface area contributed by atoms with Crippen molar-refractivity contribution in [2.24, 2.45) is 5.92 Å². The summed E-state index contributed by atoms with van der Waals surface area (Å²) in [6.45, 7) is 5.00. The van der Waals surface area contributed by atoms with Gasteiger partial charge in [-0.1, -0.05) is 19.8 Å². The summed E-state index contributed by atoms with van der Waals surface area (Å²) in [4.78, 5) is 21.4. The van der Waals surface area contributed by atoms with Gasteiger partial charge in [-0.3, -0.25) is 4.79 Å². The molecule has 0 radical (unpaired) electrons. The van der Waals surface area contributed by atoms with E-state index in [4.69, 9.17) is 0 Å². The van der Waals surface area contributed by atoms with E-state index in [1.54, 1.807) is 11.3 Å². The molecule has 0 N–H and O–H groups in total. The number of aryl methyl sites for hydroxylation is 1. The molecule has 0 aromatic carbocycles. The fraction of sp³-hybridized carbons (Fsp3) is 0.765. The van der Waals surface area contributed by atoms with E-state index in [-0.39, 0.29) is 0 Å². The Morgan fingerprint density at radius 2 is 2.18 bits per heavy atom. The third-order valence-corrected chi connectivity index (χ3v) is 5.95. The number of likely N-dealkylation sites (tertiary alicyclic amines) is 1. The molecule has 4 nitrogen and oxygen atoms in total. The standard InChI is InChI=1S/C17H27N3OS/c1-3-16-18-14(12-22-16)11-19(2)9-13-8-17(21)20(10-13)15-6-4-5-7-15/h12-13,15H,3-11H2,1-2H3. The zero-order valence-electron chi connectivity index (χ0n) is 13.8. The minimum absolute atomic E-state index is 0.382. The third kappa shape index (κ3) is 3.69. The van der Waals surface area contributed by atoms with Crippen LogP contribution in [0, 0.1) is 5.92 Å². The second-order valence-electron chi connectivity index (χ2n) is 6.84. The van der Waals surface area contributed by atoms with E-state index >= 15 is 0 Å². The molecule has 1 atom stereocenters. The minimum atomic E-state index is 0.382. The molecule has 22 heavy (non-hydrogen) atoms. The summed E-state index contributed by atoms with van der Waals surface area (Å²) in [6.07, 6.45) is 6.77. The largest absolute Gasteiger partial charge is 0.339 e. The molecule has 1 saturated carbocycles. The van der Waals surface area contributed by atoms with E-state index in [1.807, 2.05) is 0 Å². The first kappa shape index (κ1) is 15.9. The Hall–Kier alpha value is -0.940.